The Labute approximate surface area is 328 Å². The fourth-order valence-electron chi connectivity index (χ4n) is 7.10. The van der Waals surface area contributed by atoms with E-state index in [9.17, 15) is 40.5 Å². The number of ether oxygens (including phenoxy) is 2. The van der Waals surface area contributed by atoms with Gasteiger partial charge in [-0.1, -0.05) is 167 Å². The van der Waals surface area contributed by atoms with Crippen LogP contribution in [0.25, 0.3) is 0 Å². The Morgan fingerprint density at radius 3 is 1.59 bits per heavy atom. The van der Waals surface area contributed by atoms with Gasteiger partial charge in [0.2, 0.25) is 5.91 Å². The maximum absolute atomic E-state index is 13.0. The van der Waals surface area contributed by atoms with Crippen molar-refractivity contribution in [2.24, 2.45) is 0 Å². The number of carbonyl (C=O) groups excluding carboxylic acids is 1. The molecule has 0 aliphatic carbocycles. The van der Waals surface area contributed by atoms with Gasteiger partial charge in [0.25, 0.3) is 0 Å². The van der Waals surface area contributed by atoms with Gasteiger partial charge in [0.1, 0.15) is 36.6 Å². The molecule has 0 aromatic rings. The highest BCUT2D eigenvalue weighted by Crippen LogP contribution is 2.23. The summed E-state index contributed by atoms with van der Waals surface area (Å²) in [5.74, 6) is -0.709. The number of aliphatic hydroxyl groups excluding tert-OH is 7. The van der Waals surface area contributed by atoms with Crippen LogP contribution in [0.5, 0.6) is 0 Å². The van der Waals surface area contributed by atoms with Crippen LogP contribution >= 0.6 is 0 Å². The zero-order valence-corrected chi connectivity index (χ0v) is 34.2. The van der Waals surface area contributed by atoms with Crippen molar-refractivity contribution < 1.29 is 50.0 Å². The number of aliphatic hydroxyl groups is 7. The molecule has 54 heavy (non-hydrogen) atoms. The van der Waals surface area contributed by atoms with Crippen molar-refractivity contribution in [2.45, 2.75) is 242 Å². The van der Waals surface area contributed by atoms with Crippen LogP contribution in [-0.4, -0.2) is 110 Å². The number of carbonyl (C=O) groups is 1. The summed E-state index contributed by atoms with van der Waals surface area (Å²) in [6.07, 6.45) is 23.3. The van der Waals surface area contributed by atoms with Gasteiger partial charge in [0.05, 0.1) is 25.4 Å². The highest BCUT2D eigenvalue weighted by atomic mass is 16.7. The fraction of sp³-hybridized carbons (Fsp3) is 0.930. The topological polar surface area (TPSA) is 189 Å². The van der Waals surface area contributed by atoms with Gasteiger partial charge in [-0.3, -0.25) is 4.79 Å². The van der Waals surface area contributed by atoms with Gasteiger partial charge in [-0.05, 0) is 32.1 Å². The summed E-state index contributed by atoms with van der Waals surface area (Å²) in [6.45, 7) is 3.29. The molecule has 0 spiro atoms. The van der Waals surface area contributed by atoms with E-state index in [1.165, 1.54) is 109 Å². The zero-order chi connectivity index (χ0) is 39.8. The van der Waals surface area contributed by atoms with Crippen LogP contribution in [0.15, 0.2) is 12.2 Å². The number of amides is 1. The molecule has 0 saturated carbocycles. The Morgan fingerprint density at radius 2 is 1.11 bits per heavy atom. The predicted molar refractivity (Wildman–Crippen MR) is 215 cm³/mol. The molecular formula is C43H83NO10. The summed E-state index contributed by atoms with van der Waals surface area (Å²) in [5, 5.41) is 75.0. The lowest BCUT2D eigenvalue weighted by Gasteiger charge is -2.40. The van der Waals surface area contributed by atoms with Gasteiger partial charge in [-0.15, -0.1) is 0 Å². The number of rotatable bonds is 36. The molecule has 1 aliphatic heterocycles. The molecule has 9 unspecified atom stereocenters. The summed E-state index contributed by atoms with van der Waals surface area (Å²) in [6, 6.07) is -1.18. The van der Waals surface area contributed by atoms with Crippen molar-refractivity contribution in [3.8, 4) is 0 Å². The number of hydrogen-bond donors (Lipinski definition) is 8. The van der Waals surface area contributed by atoms with E-state index in [0.29, 0.717) is 12.8 Å². The van der Waals surface area contributed by atoms with Crippen LogP contribution in [0, 0.1) is 0 Å². The Kier molecular flexibility index (Phi) is 32.0. The average molecular weight is 774 g/mol. The third kappa shape index (κ3) is 23.8. The molecule has 320 valence electrons. The minimum absolute atomic E-state index is 0.256. The Balaban J connectivity index is 2.32. The first-order valence-corrected chi connectivity index (χ1v) is 22.1. The second kappa shape index (κ2) is 33.9. The highest BCUT2D eigenvalue weighted by molar-refractivity contribution is 5.80. The van der Waals surface area contributed by atoms with Crippen LogP contribution in [0.4, 0.5) is 0 Å². The lowest BCUT2D eigenvalue weighted by atomic mass is 9.98. The number of nitrogens with one attached hydrogen (secondary N) is 1. The van der Waals surface area contributed by atoms with Crippen LogP contribution in [0.3, 0.4) is 0 Å². The molecular weight excluding hydrogens is 690 g/mol. The van der Waals surface area contributed by atoms with Gasteiger partial charge in [0.15, 0.2) is 6.29 Å². The van der Waals surface area contributed by atoms with E-state index in [4.69, 9.17) is 9.47 Å². The SMILES string of the molecule is CCC/C=C/CCCC(O)C(O)C(COC1OC(CO)C(O)C(O)C1O)NC(=O)C(O)CCCCCCCCCCCCCCCCCCCCCCC. The van der Waals surface area contributed by atoms with Gasteiger partial charge in [-0.2, -0.15) is 0 Å². The molecule has 0 bridgehead atoms. The van der Waals surface area contributed by atoms with Crippen LogP contribution in [-0.2, 0) is 14.3 Å². The molecule has 1 fully saturated rings. The van der Waals surface area contributed by atoms with Crippen LogP contribution in [0.1, 0.15) is 187 Å². The third-order valence-electron chi connectivity index (χ3n) is 10.8. The second-order valence-electron chi connectivity index (χ2n) is 15.8. The summed E-state index contributed by atoms with van der Waals surface area (Å²) in [7, 11) is 0. The monoisotopic (exact) mass is 774 g/mol. The molecule has 1 heterocycles. The van der Waals surface area contributed by atoms with Crippen LogP contribution < -0.4 is 5.32 Å². The quantitative estimate of drug-likeness (QED) is 0.0258. The van der Waals surface area contributed by atoms with Crippen molar-refractivity contribution in [3.63, 3.8) is 0 Å². The molecule has 1 rings (SSSR count). The second-order valence-corrected chi connectivity index (χ2v) is 15.8. The van der Waals surface area contributed by atoms with E-state index in [0.717, 1.165) is 38.5 Å². The van der Waals surface area contributed by atoms with E-state index in [-0.39, 0.29) is 12.8 Å². The van der Waals surface area contributed by atoms with Crippen molar-refractivity contribution >= 4 is 5.91 Å². The first-order chi connectivity index (χ1) is 26.2. The minimum atomic E-state index is -1.66. The molecule has 0 aromatic carbocycles. The zero-order valence-electron chi connectivity index (χ0n) is 34.2. The lowest BCUT2D eigenvalue weighted by molar-refractivity contribution is -0.303. The molecule has 0 aromatic heterocycles. The largest absolute Gasteiger partial charge is 0.394 e. The summed E-state index contributed by atoms with van der Waals surface area (Å²) in [4.78, 5) is 13.0. The molecule has 11 nitrogen and oxygen atoms in total. The first kappa shape index (κ1) is 50.9. The lowest BCUT2D eigenvalue weighted by Crippen LogP contribution is -2.60. The van der Waals surface area contributed by atoms with Crippen molar-refractivity contribution in [3.05, 3.63) is 12.2 Å². The Hall–Kier alpha value is -1.15. The van der Waals surface area contributed by atoms with Gasteiger partial charge in [0, 0.05) is 0 Å². The van der Waals surface area contributed by atoms with Crippen LogP contribution in [0.2, 0.25) is 0 Å². The first-order valence-electron chi connectivity index (χ1n) is 22.1. The Morgan fingerprint density at radius 1 is 0.630 bits per heavy atom. The van der Waals surface area contributed by atoms with E-state index in [2.05, 4.69) is 25.2 Å². The standard InChI is InChI=1S/C43H83NO10/c1-3-5-7-9-11-12-13-14-15-16-17-18-19-20-21-22-23-24-25-27-29-31-36(47)42(52)44-34(38(48)35(46)30-28-26-10-8-6-4-2)33-53-43-41(51)40(50)39(49)37(32-45)54-43/h8,10,34-41,43,45-51H,3-7,9,11-33H2,1-2H3,(H,44,52)/b10-8+. The number of unbranched alkanes of at least 4 members (excludes halogenated alkanes) is 22. The third-order valence-corrected chi connectivity index (χ3v) is 10.8. The smallest absolute Gasteiger partial charge is 0.249 e. The molecule has 11 heteroatoms. The summed E-state index contributed by atoms with van der Waals surface area (Å²) in [5.41, 5.74) is 0. The van der Waals surface area contributed by atoms with Crippen molar-refractivity contribution in [2.75, 3.05) is 13.2 Å². The minimum Gasteiger partial charge on any atom is -0.394 e. The molecule has 1 amide bonds. The fourth-order valence-corrected chi connectivity index (χ4v) is 7.10. The van der Waals surface area contributed by atoms with E-state index in [1.54, 1.807) is 0 Å². The maximum Gasteiger partial charge on any atom is 0.249 e. The molecule has 1 aliphatic rings. The molecule has 9 atom stereocenters. The van der Waals surface area contributed by atoms with E-state index in [1.807, 2.05) is 6.08 Å². The molecule has 1 saturated heterocycles. The highest BCUT2D eigenvalue weighted by Gasteiger charge is 2.44. The van der Waals surface area contributed by atoms with Crippen molar-refractivity contribution in [1.82, 2.24) is 5.32 Å². The molecule has 8 N–H and O–H groups in total. The average Bonchev–Trinajstić information content (AvgIpc) is 3.17. The number of allylic oxidation sites excluding steroid dienone is 2. The summed E-state index contributed by atoms with van der Waals surface area (Å²) >= 11 is 0. The van der Waals surface area contributed by atoms with E-state index < -0.39 is 74.2 Å². The normalized spacial score (nSPS) is 22.7. The van der Waals surface area contributed by atoms with Gasteiger partial charge >= 0.3 is 0 Å². The number of hydrogen-bond acceptors (Lipinski definition) is 10. The van der Waals surface area contributed by atoms with Gasteiger partial charge < -0.3 is 50.5 Å². The van der Waals surface area contributed by atoms with E-state index >= 15 is 0 Å². The summed E-state index contributed by atoms with van der Waals surface area (Å²) < 4.78 is 11.0. The van der Waals surface area contributed by atoms with Crippen molar-refractivity contribution in [1.29, 1.82) is 0 Å². The predicted octanol–water partition coefficient (Wildman–Crippen LogP) is 6.50. The maximum atomic E-state index is 13.0. The van der Waals surface area contributed by atoms with Gasteiger partial charge in [-0.25, -0.2) is 0 Å². The molecule has 0 radical (unpaired) electrons. The Bertz CT molecular complexity index is 892.